The van der Waals surface area contributed by atoms with Gasteiger partial charge in [0.05, 0.1) is 55.1 Å². The van der Waals surface area contributed by atoms with Gasteiger partial charge in [0.15, 0.2) is 0 Å². The standard InChI is InChI=1S/C44H58N8O6/c1-7-27(3)37(49-43(55)57-5)41(53)51-23-9-11-35(51)39-45-25-33(47-39)31-19-15-29(16-20-31)13-14-30-17-21-32(22-18-30)34-26-46-40(48-34)36-12-10-24-52(36)42(54)38(28(4)8-2)50-44(56)58-6/h15-22,25-28,35-38,41,44,50,53,56H,7-12,23-24H2,1-6H3,(H,45,47)(H,46,48)(H,49,55)/t27-,28-,35-,36-,37-,38-,41?,44?/m0/s1. The number of rotatable bonds is 15. The van der Waals surface area contributed by atoms with E-state index in [-0.39, 0.29) is 29.8 Å². The number of nitrogens with zero attached hydrogens (tertiary/aromatic N) is 4. The highest BCUT2D eigenvalue weighted by atomic mass is 16.6. The van der Waals surface area contributed by atoms with E-state index in [0.29, 0.717) is 13.1 Å². The van der Waals surface area contributed by atoms with E-state index in [4.69, 9.17) is 14.5 Å². The van der Waals surface area contributed by atoms with Crippen molar-refractivity contribution in [3.63, 3.8) is 0 Å². The van der Waals surface area contributed by atoms with Gasteiger partial charge in [-0.05, 0) is 72.9 Å². The lowest BCUT2D eigenvalue weighted by Gasteiger charge is -2.36. The maximum atomic E-state index is 13.7. The predicted octanol–water partition coefficient (Wildman–Crippen LogP) is 5.68. The molecule has 6 N–H and O–H groups in total. The molecule has 14 heteroatoms. The maximum Gasteiger partial charge on any atom is 0.407 e. The highest BCUT2D eigenvalue weighted by Gasteiger charge is 2.40. The third kappa shape index (κ3) is 9.79. The first kappa shape index (κ1) is 42.6. The first-order chi connectivity index (χ1) is 28.0. The van der Waals surface area contributed by atoms with E-state index in [1.165, 1.54) is 14.2 Å². The summed E-state index contributed by atoms with van der Waals surface area (Å²) in [5.41, 5.74) is 5.43. The van der Waals surface area contributed by atoms with Crippen LogP contribution < -0.4 is 10.6 Å². The zero-order valence-electron chi connectivity index (χ0n) is 34.4. The van der Waals surface area contributed by atoms with E-state index in [9.17, 15) is 19.8 Å². The van der Waals surface area contributed by atoms with E-state index in [0.717, 1.165) is 83.8 Å². The quantitative estimate of drug-likeness (QED) is 0.0648. The van der Waals surface area contributed by atoms with Crippen molar-refractivity contribution in [2.24, 2.45) is 11.8 Å². The second-order valence-electron chi connectivity index (χ2n) is 15.4. The Hall–Kier alpha value is -5.04. The number of benzene rings is 2. The monoisotopic (exact) mass is 794 g/mol. The average Bonchev–Trinajstić information content (AvgIpc) is 4.10. The van der Waals surface area contributed by atoms with Crippen LogP contribution in [0.15, 0.2) is 60.9 Å². The summed E-state index contributed by atoms with van der Waals surface area (Å²) in [7, 11) is 2.72. The lowest BCUT2D eigenvalue weighted by atomic mass is 9.96. The number of likely N-dealkylation sites (tertiary alicyclic amines) is 2. The number of nitrogens with one attached hydrogen (secondary N) is 4. The van der Waals surface area contributed by atoms with Gasteiger partial charge >= 0.3 is 6.09 Å². The molecule has 14 nitrogen and oxygen atoms in total. The number of aromatic amines is 2. The summed E-state index contributed by atoms with van der Waals surface area (Å²) in [4.78, 5) is 46.0. The van der Waals surface area contributed by atoms with Gasteiger partial charge < -0.3 is 39.9 Å². The first-order valence-corrected chi connectivity index (χ1v) is 20.4. The first-order valence-electron chi connectivity index (χ1n) is 20.4. The van der Waals surface area contributed by atoms with Gasteiger partial charge in [0.1, 0.15) is 17.9 Å². The topological polar surface area (TPSA) is 181 Å². The molecular formula is C44H58N8O6. The van der Waals surface area contributed by atoms with E-state index in [1.54, 1.807) is 0 Å². The van der Waals surface area contributed by atoms with Crippen LogP contribution in [0.1, 0.15) is 101 Å². The molecule has 6 rings (SSSR count). The molecule has 2 aliphatic rings. The molecule has 2 aromatic heterocycles. The van der Waals surface area contributed by atoms with Gasteiger partial charge in [-0.1, -0.05) is 76.6 Å². The summed E-state index contributed by atoms with van der Waals surface area (Å²) in [6.45, 7) is 9.39. The molecule has 2 fully saturated rings. The Labute approximate surface area is 341 Å². The summed E-state index contributed by atoms with van der Waals surface area (Å²) < 4.78 is 9.82. The number of aromatic nitrogens is 4. The Kier molecular flexibility index (Phi) is 14.4. The Morgan fingerprint density at radius 3 is 1.90 bits per heavy atom. The number of amides is 2. The number of hydrogen-bond acceptors (Lipinski definition) is 10. The lowest BCUT2D eigenvalue weighted by Crippen LogP contribution is -2.54. The third-order valence-electron chi connectivity index (χ3n) is 11.8. The highest BCUT2D eigenvalue weighted by Crippen LogP contribution is 2.35. The van der Waals surface area contributed by atoms with Gasteiger partial charge in [-0.15, -0.1) is 0 Å². The van der Waals surface area contributed by atoms with Crippen LogP contribution in [-0.4, -0.2) is 104 Å². The normalized spacial score (nSPS) is 20.1. The fourth-order valence-corrected chi connectivity index (χ4v) is 7.91. The number of imidazole rings is 2. The molecule has 2 aromatic carbocycles. The van der Waals surface area contributed by atoms with Crippen molar-refractivity contribution in [3.05, 3.63) is 83.7 Å². The minimum absolute atomic E-state index is 0.00735. The number of aliphatic hydroxyl groups excluding tert-OH is 2. The number of hydrogen-bond donors (Lipinski definition) is 6. The van der Waals surface area contributed by atoms with Crippen LogP contribution in [0.25, 0.3) is 22.5 Å². The Morgan fingerprint density at radius 1 is 0.828 bits per heavy atom. The molecule has 4 heterocycles. The Balaban J connectivity index is 1.08. The van der Waals surface area contributed by atoms with E-state index < -0.39 is 30.8 Å². The van der Waals surface area contributed by atoms with Crippen LogP contribution in [0.5, 0.6) is 0 Å². The van der Waals surface area contributed by atoms with Crippen LogP contribution in [0, 0.1) is 23.7 Å². The van der Waals surface area contributed by atoms with Crippen molar-refractivity contribution in [2.45, 2.75) is 103 Å². The van der Waals surface area contributed by atoms with Crippen LogP contribution in [0.4, 0.5) is 4.79 Å². The number of alkyl carbamates (subject to hydrolysis) is 1. The van der Waals surface area contributed by atoms with E-state index in [1.807, 2.05) is 98.4 Å². The van der Waals surface area contributed by atoms with Crippen molar-refractivity contribution >= 4 is 12.0 Å². The molecule has 4 aromatic rings. The average molecular weight is 795 g/mol. The van der Waals surface area contributed by atoms with Crippen LogP contribution >= 0.6 is 0 Å². The Morgan fingerprint density at radius 2 is 1.36 bits per heavy atom. The summed E-state index contributed by atoms with van der Waals surface area (Å²) in [6.07, 6.45) is 5.97. The fraction of sp³-hybridized carbons (Fsp3) is 0.500. The largest absolute Gasteiger partial charge is 0.453 e. The molecule has 0 bridgehead atoms. The molecule has 2 unspecified atom stereocenters. The smallest absolute Gasteiger partial charge is 0.407 e. The zero-order valence-corrected chi connectivity index (χ0v) is 34.4. The van der Waals surface area contributed by atoms with Gasteiger partial charge in [-0.2, -0.15) is 0 Å². The van der Waals surface area contributed by atoms with Gasteiger partial charge in [-0.3, -0.25) is 15.0 Å². The van der Waals surface area contributed by atoms with Crippen LogP contribution in [0.3, 0.4) is 0 Å². The number of ether oxygens (including phenoxy) is 2. The number of carbonyl (C=O) groups excluding carboxylic acids is 2. The summed E-state index contributed by atoms with van der Waals surface area (Å²) in [5, 5.41) is 27.3. The van der Waals surface area contributed by atoms with Crippen LogP contribution in [0.2, 0.25) is 0 Å². The molecule has 2 aliphatic heterocycles. The van der Waals surface area contributed by atoms with Crippen molar-refractivity contribution < 1.29 is 29.3 Å². The number of carbonyl (C=O) groups is 2. The van der Waals surface area contributed by atoms with Crippen molar-refractivity contribution in [1.82, 2.24) is 40.4 Å². The Bertz CT molecular complexity index is 2020. The van der Waals surface area contributed by atoms with Gasteiger partial charge in [0, 0.05) is 31.3 Å². The summed E-state index contributed by atoms with van der Waals surface area (Å²) in [6, 6.07) is 14.7. The second-order valence-corrected chi connectivity index (χ2v) is 15.4. The van der Waals surface area contributed by atoms with E-state index >= 15 is 0 Å². The third-order valence-corrected chi connectivity index (χ3v) is 11.8. The molecular weight excluding hydrogens is 737 g/mol. The van der Waals surface area contributed by atoms with Crippen molar-refractivity contribution in [3.8, 4) is 34.4 Å². The molecule has 310 valence electrons. The molecule has 0 saturated carbocycles. The maximum absolute atomic E-state index is 13.7. The van der Waals surface area contributed by atoms with E-state index in [2.05, 4.69) is 37.4 Å². The molecule has 58 heavy (non-hydrogen) atoms. The molecule has 2 saturated heterocycles. The number of methoxy groups -OCH3 is 2. The molecule has 0 spiro atoms. The van der Waals surface area contributed by atoms with Crippen molar-refractivity contribution in [1.29, 1.82) is 0 Å². The SMILES string of the molecule is CC[C@H](C)[C@H](NC(O)OC)C(=O)N1CCC[C@H]1c1ncc(-c2ccc(C#Cc3ccc(-c4cnc([C@@H]5CCCN5C(O)[C@@H](NC(=O)OC)[C@@H](C)CC)[nH]4)cc3)cc2)[nH]1. The minimum atomic E-state index is -1.22. The molecule has 0 radical (unpaired) electrons. The lowest BCUT2D eigenvalue weighted by molar-refractivity contribution is -0.145. The second kappa shape index (κ2) is 19.6. The zero-order chi connectivity index (χ0) is 41.3. The van der Waals surface area contributed by atoms with Crippen molar-refractivity contribution in [2.75, 3.05) is 27.3 Å². The number of aliphatic hydroxyl groups is 2. The summed E-state index contributed by atoms with van der Waals surface area (Å²) >= 11 is 0. The highest BCUT2D eigenvalue weighted by molar-refractivity contribution is 5.83. The van der Waals surface area contributed by atoms with Gasteiger partial charge in [0.2, 0.25) is 12.3 Å². The van der Waals surface area contributed by atoms with Crippen LogP contribution in [-0.2, 0) is 14.3 Å². The molecule has 8 atom stereocenters. The summed E-state index contributed by atoms with van der Waals surface area (Å²) in [5.74, 6) is 8.05. The van der Waals surface area contributed by atoms with Gasteiger partial charge in [-0.25, -0.2) is 14.8 Å². The predicted molar refractivity (Wildman–Crippen MR) is 221 cm³/mol. The van der Waals surface area contributed by atoms with Gasteiger partial charge in [0.25, 0.3) is 0 Å². The molecule has 2 amide bonds. The fourth-order valence-electron chi connectivity index (χ4n) is 7.91. The number of H-pyrrole nitrogens is 2. The molecule has 0 aliphatic carbocycles. The minimum Gasteiger partial charge on any atom is -0.453 e.